The lowest BCUT2D eigenvalue weighted by Crippen LogP contribution is -2.42. The Balaban J connectivity index is 1.68. The molecule has 23 heavy (non-hydrogen) atoms. The summed E-state index contributed by atoms with van der Waals surface area (Å²) in [6.45, 7) is 7.97. The van der Waals surface area contributed by atoms with Gasteiger partial charge in [-0.05, 0) is 58.4 Å². The highest BCUT2D eigenvalue weighted by atomic mass is 16.6. The van der Waals surface area contributed by atoms with Gasteiger partial charge in [0.05, 0.1) is 6.61 Å². The number of pyridine rings is 1. The van der Waals surface area contributed by atoms with Crippen LogP contribution in [0.25, 0.3) is 0 Å². The maximum Gasteiger partial charge on any atom is 0.410 e. The SMILES string of the molecule is CC(C)(C)OC(=O)N1CCC[C@@H](CCCOc2ccccn2)C1. The van der Waals surface area contributed by atoms with Crippen molar-refractivity contribution in [3.05, 3.63) is 24.4 Å². The Kier molecular flexibility index (Phi) is 6.25. The van der Waals surface area contributed by atoms with Gasteiger partial charge in [-0.25, -0.2) is 9.78 Å². The summed E-state index contributed by atoms with van der Waals surface area (Å²) in [5.41, 5.74) is -0.430. The first-order valence-corrected chi connectivity index (χ1v) is 8.46. The highest BCUT2D eigenvalue weighted by molar-refractivity contribution is 5.68. The third kappa shape index (κ3) is 6.47. The molecule has 1 fully saturated rings. The zero-order valence-corrected chi connectivity index (χ0v) is 14.5. The molecule has 128 valence electrons. The largest absolute Gasteiger partial charge is 0.478 e. The molecule has 1 aromatic heterocycles. The van der Waals surface area contributed by atoms with E-state index >= 15 is 0 Å². The molecule has 0 N–H and O–H groups in total. The second kappa shape index (κ2) is 8.18. The van der Waals surface area contributed by atoms with Gasteiger partial charge in [-0.3, -0.25) is 0 Å². The van der Waals surface area contributed by atoms with Gasteiger partial charge >= 0.3 is 6.09 Å². The summed E-state index contributed by atoms with van der Waals surface area (Å²) in [6.07, 6.45) is 5.80. The van der Waals surface area contributed by atoms with Crippen LogP contribution in [-0.2, 0) is 4.74 Å². The molecular weight excluding hydrogens is 292 g/mol. The molecule has 0 unspecified atom stereocenters. The quantitative estimate of drug-likeness (QED) is 0.772. The molecule has 2 heterocycles. The number of hydrogen-bond donors (Lipinski definition) is 0. The Morgan fingerprint density at radius 1 is 1.39 bits per heavy atom. The second-order valence-corrected chi connectivity index (χ2v) is 7.09. The van der Waals surface area contributed by atoms with E-state index in [2.05, 4.69) is 4.98 Å². The Morgan fingerprint density at radius 2 is 2.22 bits per heavy atom. The van der Waals surface area contributed by atoms with Crippen molar-refractivity contribution in [3.63, 3.8) is 0 Å². The van der Waals surface area contributed by atoms with E-state index in [9.17, 15) is 4.79 Å². The van der Waals surface area contributed by atoms with Gasteiger partial charge in [0.2, 0.25) is 5.88 Å². The minimum Gasteiger partial charge on any atom is -0.478 e. The minimum absolute atomic E-state index is 0.188. The van der Waals surface area contributed by atoms with Crippen molar-refractivity contribution in [1.29, 1.82) is 0 Å². The van der Waals surface area contributed by atoms with Crippen molar-refractivity contribution in [2.75, 3.05) is 19.7 Å². The third-order valence-corrected chi connectivity index (χ3v) is 3.82. The van der Waals surface area contributed by atoms with Gasteiger partial charge < -0.3 is 14.4 Å². The van der Waals surface area contributed by atoms with E-state index in [1.165, 1.54) is 6.42 Å². The highest BCUT2D eigenvalue weighted by Gasteiger charge is 2.27. The molecule has 1 aromatic rings. The molecule has 5 nitrogen and oxygen atoms in total. The van der Waals surface area contributed by atoms with Crippen LogP contribution in [0.5, 0.6) is 5.88 Å². The zero-order chi connectivity index (χ0) is 16.7. The molecule has 0 radical (unpaired) electrons. The van der Waals surface area contributed by atoms with Crippen LogP contribution in [0.4, 0.5) is 4.79 Å². The van der Waals surface area contributed by atoms with Gasteiger partial charge in [0.15, 0.2) is 0 Å². The second-order valence-electron chi connectivity index (χ2n) is 7.09. The molecule has 0 saturated carbocycles. The van der Waals surface area contributed by atoms with E-state index < -0.39 is 5.60 Å². The summed E-state index contributed by atoms with van der Waals surface area (Å²) in [5.74, 6) is 1.20. The molecule has 1 amide bonds. The van der Waals surface area contributed by atoms with Crippen LogP contribution in [0, 0.1) is 5.92 Å². The molecule has 0 bridgehead atoms. The number of piperidine rings is 1. The van der Waals surface area contributed by atoms with Crippen LogP contribution < -0.4 is 4.74 Å². The smallest absolute Gasteiger partial charge is 0.410 e. The third-order valence-electron chi connectivity index (χ3n) is 3.82. The van der Waals surface area contributed by atoms with E-state index in [-0.39, 0.29) is 6.09 Å². The Morgan fingerprint density at radius 3 is 2.91 bits per heavy atom. The van der Waals surface area contributed by atoms with Gasteiger partial charge in [-0.2, -0.15) is 0 Å². The first-order valence-electron chi connectivity index (χ1n) is 8.46. The topological polar surface area (TPSA) is 51.7 Å². The number of amides is 1. The summed E-state index contributed by atoms with van der Waals surface area (Å²) in [7, 11) is 0. The van der Waals surface area contributed by atoms with Gasteiger partial charge in [0, 0.05) is 25.4 Å². The van der Waals surface area contributed by atoms with Gasteiger partial charge in [0.25, 0.3) is 0 Å². The lowest BCUT2D eigenvalue weighted by atomic mass is 9.94. The molecule has 1 aliphatic heterocycles. The standard InChI is InChI=1S/C18H28N2O3/c1-18(2,3)23-17(21)20-12-6-8-15(14-20)9-7-13-22-16-10-4-5-11-19-16/h4-5,10-11,15H,6-9,12-14H2,1-3H3/t15-/m0/s1. The highest BCUT2D eigenvalue weighted by Crippen LogP contribution is 2.23. The molecule has 5 heteroatoms. The fourth-order valence-electron chi connectivity index (χ4n) is 2.77. The van der Waals surface area contributed by atoms with E-state index in [1.54, 1.807) is 6.20 Å². The lowest BCUT2D eigenvalue weighted by molar-refractivity contribution is 0.0159. The molecule has 2 rings (SSSR count). The monoisotopic (exact) mass is 320 g/mol. The summed E-state index contributed by atoms with van der Waals surface area (Å²) in [4.78, 5) is 18.1. The van der Waals surface area contributed by atoms with E-state index in [0.717, 1.165) is 32.4 Å². The van der Waals surface area contributed by atoms with E-state index in [4.69, 9.17) is 9.47 Å². The van der Waals surface area contributed by atoms with Crippen molar-refractivity contribution < 1.29 is 14.3 Å². The van der Waals surface area contributed by atoms with Crippen LogP contribution in [-0.4, -0.2) is 41.3 Å². The number of ether oxygens (including phenoxy) is 2. The normalized spacial score (nSPS) is 18.6. The van der Waals surface area contributed by atoms with Crippen molar-refractivity contribution in [3.8, 4) is 5.88 Å². The van der Waals surface area contributed by atoms with Crippen LogP contribution in [0.15, 0.2) is 24.4 Å². The number of nitrogens with zero attached hydrogens (tertiary/aromatic N) is 2. The first-order chi connectivity index (χ1) is 10.9. The summed E-state index contributed by atoms with van der Waals surface area (Å²) in [6, 6.07) is 5.66. The number of carbonyl (C=O) groups excluding carboxylic acids is 1. The fraction of sp³-hybridized carbons (Fsp3) is 0.667. The molecule has 0 spiro atoms. The fourth-order valence-corrected chi connectivity index (χ4v) is 2.77. The lowest BCUT2D eigenvalue weighted by Gasteiger charge is -2.34. The van der Waals surface area contributed by atoms with Crippen molar-refractivity contribution in [1.82, 2.24) is 9.88 Å². The predicted molar refractivity (Wildman–Crippen MR) is 89.5 cm³/mol. The number of rotatable bonds is 5. The molecule has 1 aliphatic rings. The number of hydrogen-bond acceptors (Lipinski definition) is 4. The van der Waals surface area contributed by atoms with E-state index in [1.807, 2.05) is 43.9 Å². The van der Waals surface area contributed by atoms with Crippen LogP contribution in [0.1, 0.15) is 46.5 Å². The summed E-state index contributed by atoms with van der Waals surface area (Å²) < 4.78 is 11.1. The first kappa shape index (κ1) is 17.6. The van der Waals surface area contributed by atoms with E-state index in [0.29, 0.717) is 18.4 Å². The van der Waals surface area contributed by atoms with Crippen LogP contribution in [0.2, 0.25) is 0 Å². The van der Waals surface area contributed by atoms with Gasteiger partial charge in [-0.15, -0.1) is 0 Å². The van der Waals surface area contributed by atoms with Crippen molar-refractivity contribution in [2.45, 2.75) is 52.1 Å². The molecular formula is C18H28N2O3. The molecule has 1 atom stereocenters. The van der Waals surface area contributed by atoms with Crippen LogP contribution >= 0.6 is 0 Å². The molecule has 1 saturated heterocycles. The number of carbonyl (C=O) groups is 1. The Bertz CT molecular complexity index is 485. The maximum absolute atomic E-state index is 12.1. The summed E-state index contributed by atoms with van der Waals surface area (Å²) in [5, 5.41) is 0. The average Bonchev–Trinajstić information content (AvgIpc) is 2.51. The zero-order valence-electron chi connectivity index (χ0n) is 14.5. The van der Waals surface area contributed by atoms with Gasteiger partial charge in [0.1, 0.15) is 5.60 Å². The predicted octanol–water partition coefficient (Wildman–Crippen LogP) is 3.89. The maximum atomic E-state index is 12.1. The van der Waals surface area contributed by atoms with Crippen molar-refractivity contribution in [2.24, 2.45) is 5.92 Å². The molecule has 0 aromatic carbocycles. The van der Waals surface area contributed by atoms with Crippen LogP contribution in [0.3, 0.4) is 0 Å². The molecule has 0 aliphatic carbocycles. The van der Waals surface area contributed by atoms with Crippen molar-refractivity contribution >= 4 is 6.09 Å². The Hall–Kier alpha value is -1.78. The Labute approximate surface area is 139 Å². The summed E-state index contributed by atoms with van der Waals surface area (Å²) >= 11 is 0. The van der Waals surface area contributed by atoms with Gasteiger partial charge in [-0.1, -0.05) is 6.07 Å². The minimum atomic E-state index is -0.430. The average molecular weight is 320 g/mol. The number of likely N-dealkylation sites (tertiary alicyclic amines) is 1. The number of aromatic nitrogens is 1.